The van der Waals surface area contributed by atoms with Gasteiger partial charge in [0.15, 0.2) is 0 Å². The normalized spacial score (nSPS) is 10.9. The van der Waals surface area contributed by atoms with Crippen molar-refractivity contribution in [2.24, 2.45) is 0 Å². The SMILES string of the molecule is CN(C(=O)OC(C)(C)C)c1ccncn1. The third-order valence-corrected chi connectivity index (χ3v) is 1.58. The number of carbonyl (C=O) groups is 1. The molecule has 15 heavy (non-hydrogen) atoms. The highest BCUT2D eigenvalue weighted by atomic mass is 16.6. The topological polar surface area (TPSA) is 55.3 Å². The molecule has 0 bridgehead atoms. The zero-order valence-electron chi connectivity index (χ0n) is 9.39. The minimum atomic E-state index is -0.502. The van der Waals surface area contributed by atoms with Gasteiger partial charge in [-0.2, -0.15) is 0 Å². The van der Waals surface area contributed by atoms with Crippen LogP contribution in [0.1, 0.15) is 20.8 Å². The van der Waals surface area contributed by atoms with E-state index in [0.717, 1.165) is 0 Å². The summed E-state index contributed by atoms with van der Waals surface area (Å²) in [6, 6.07) is 1.64. The molecule has 1 rings (SSSR count). The molecule has 1 aromatic heterocycles. The summed E-state index contributed by atoms with van der Waals surface area (Å²) < 4.78 is 5.18. The van der Waals surface area contributed by atoms with E-state index in [1.54, 1.807) is 19.3 Å². The first-order valence-electron chi connectivity index (χ1n) is 4.63. The number of hydrogen-bond acceptors (Lipinski definition) is 4. The summed E-state index contributed by atoms with van der Waals surface area (Å²) in [5.74, 6) is 0.513. The molecule has 0 unspecified atom stereocenters. The third-order valence-electron chi connectivity index (χ3n) is 1.58. The second-order valence-electron chi connectivity index (χ2n) is 4.11. The quantitative estimate of drug-likeness (QED) is 0.708. The lowest BCUT2D eigenvalue weighted by atomic mass is 10.2. The average Bonchev–Trinajstić information content (AvgIpc) is 2.15. The van der Waals surface area contributed by atoms with E-state index in [9.17, 15) is 4.79 Å². The summed E-state index contributed by atoms with van der Waals surface area (Å²) in [5, 5.41) is 0. The molecule has 0 saturated carbocycles. The van der Waals surface area contributed by atoms with E-state index in [4.69, 9.17) is 4.74 Å². The summed E-state index contributed by atoms with van der Waals surface area (Å²) in [7, 11) is 1.61. The van der Waals surface area contributed by atoms with Crippen LogP contribution >= 0.6 is 0 Å². The van der Waals surface area contributed by atoms with E-state index in [-0.39, 0.29) is 0 Å². The van der Waals surface area contributed by atoms with Crippen LogP contribution in [0.25, 0.3) is 0 Å². The number of anilines is 1. The highest BCUT2D eigenvalue weighted by molar-refractivity contribution is 5.85. The van der Waals surface area contributed by atoms with E-state index < -0.39 is 11.7 Å². The van der Waals surface area contributed by atoms with Crippen LogP contribution in [0.3, 0.4) is 0 Å². The average molecular weight is 209 g/mol. The number of amides is 1. The van der Waals surface area contributed by atoms with Gasteiger partial charge in [-0.25, -0.2) is 14.8 Å². The van der Waals surface area contributed by atoms with Crippen molar-refractivity contribution in [3.63, 3.8) is 0 Å². The highest BCUT2D eigenvalue weighted by Crippen LogP contribution is 2.13. The zero-order valence-corrected chi connectivity index (χ0v) is 9.39. The molecule has 82 valence electrons. The summed E-state index contributed by atoms with van der Waals surface area (Å²) >= 11 is 0. The molecule has 0 aliphatic carbocycles. The lowest BCUT2D eigenvalue weighted by Gasteiger charge is -2.23. The van der Waals surface area contributed by atoms with Crippen LogP contribution in [-0.4, -0.2) is 28.7 Å². The van der Waals surface area contributed by atoms with Gasteiger partial charge in [0.05, 0.1) is 0 Å². The van der Waals surface area contributed by atoms with Crippen molar-refractivity contribution in [1.29, 1.82) is 0 Å². The van der Waals surface area contributed by atoms with Gasteiger partial charge >= 0.3 is 6.09 Å². The number of rotatable bonds is 1. The molecule has 0 N–H and O–H groups in total. The molecule has 0 atom stereocenters. The molecule has 1 aromatic rings. The summed E-state index contributed by atoms with van der Waals surface area (Å²) in [6.07, 6.45) is 2.53. The number of carbonyl (C=O) groups excluding carboxylic acids is 1. The molecule has 0 aliphatic heterocycles. The zero-order chi connectivity index (χ0) is 11.5. The maximum Gasteiger partial charge on any atom is 0.415 e. The molecule has 0 aromatic carbocycles. The minimum Gasteiger partial charge on any atom is -0.443 e. The molecule has 0 fully saturated rings. The van der Waals surface area contributed by atoms with Gasteiger partial charge in [0.25, 0.3) is 0 Å². The predicted octanol–water partition coefficient (Wildman–Crippen LogP) is 1.85. The number of hydrogen-bond donors (Lipinski definition) is 0. The van der Waals surface area contributed by atoms with Gasteiger partial charge < -0.3 is 4.74 Å². The Balaban J connectivity index is 2.70. The first-order chi connectivity index (χ1) is 6.90. The fourth-order valence-corrected chi connectivity index (χ4v) is 0.906. The lowest BCUT2D eigenvalue weighted by molar-refractivity contribution is 0.0588. The van der Waals surface area contributed by atoms with E-state index in [2.05, 4.69) is 9.97 Å². The molecule has 0 aliphatic rings. The summed E-state index contributed by atoms with van der Waals surface area (Å²) in [5.41, 5.74) is -0.502. The largest absolute Gasteiger partial charge is 0.443 e. The van der Waals surface area contributed by atoms with Gasteiger partial charge in [0.2, 0.25) is 0 Å². The van der Waals surface area contributed by atoms with Crippen LogP contribution in [0.5, 0.6) is 0 Å². The Hall–Kier alpha value is -1.65. The maximum atomic E-state index is 11.6. The Morgan fingerprint density at radius 3 is 2.60 bits per heavy atom. The molecular weight excluding hydrogens is 194 g/mol. The van der Waals surface area contributed by atoms with Gasteiger partial charge in [0, 0.05) is 13.2 Å². The van der Waals surface area contributed by atoms with E-state index in [1.165, 1.54) is 11.2 Å². The van der Waals surface area contributed by atoms with Gasteiger partial charge in [-0.1, -0.05) is 0 Å². The second-order valence-corrected chi connectivity index (χ2v) is 4.11. The molecular formula is C10H15N3O2. The van der Waals surface area contributed by atoms with Crippen LogP contribution < -0.4 is 4.90 Å². The molecule has 5 nitrogen and oxygen atoms in total. The van der Waals surface area contributed by atoms with Crippen LogP contribution in [-0.2, 0) is 4.74 Å². The number of aromatic nitrogens is 2. The van der Waals surface area contributed by atoms with Crippen molar-refractivity contribution in [3.8, 4) is 0 Å². The predicted molar refractivity (Wildman–Crippen MR) is 56.7 cm³/mol. The Labute approximate surface area is 89.1 Å². The summed E-state index contributed by atoms with van der Waals surface area (Å²) in [6.45, 7) is 5.45. The molecule has 0 spiro atoms. The van der Waals surface area contributed by atoms with Crippen LogP contribution in [0, 0.1) is 0 Å². The number of ether oxygens (including phenoxy) is 1. The van der Waals surface area contributed by atoms with E-state index in [0.29, 0.717) is 5.82 Å². The third kappa shape index (κ3) is 3.53. The van der Waals surface area contributed by atoms with Crippen molar-refractivity contribution in [3.05, 3.63) is 18.6 Å². The fourth-order valence-electron chi connectivity index (χ4n) is 0.906. The van der Waals surface area contributed by atoms with Crippen molar-refractivity contribution in [1.82, 2.24) is 9.97 Å². The van der Waals surface area contributed by atoms with Gasteiger partial charge in [-0.15, -0.1) is 0 Å². The molecule has 5 heteroatoms. The fraction of sp³-hybridized carbons (Fsp3) is 0.500. The van der Waals surface area contributed by atoms with Gasteiger partial charge in [-0.3, -0.25) is 4.90 Å². The van der Waals surface area contributed by atoms with Crippen molar-refractivity contribution in [2.45, 2.75) is 26.4 Å². The summed E-state index contributed by atoms with van der Waals surface area (Å²) in [4.78, 5) is 20.7. The monoisotopic (exact) mass is 209 g/mol. The van der Waals surface area contributed by atoms with Crippen LogP contribution in [0.2, 0.25) is 0 Å². The first kappa shape index (κ1) is 11.4. The molecule has 0 saturated heterocycles. The standard InChI is InChI=1S/C10H15N3O2/c1-10(2,3)15-9(14)13(4)8-5-6-11-7-12-8/h5-7H,1-4H3. The Morgan fingerprint density at radius 2 is 2.13 bits per heavy atom. The van der Waals surface area contributed by atoms with Crippen molar-refractivity contribution >= 4 is 11.9 Å². The Morgan fingerprint density at radius 1 is 1.47 bits per heavy atom. The molecule has 0 radical (unpaired) electrons. The highest BCUT2D eigenvalue weighted by Gasteiger charge is 2.20. The van der Waals surface area contributed by atoms with E-state index in [1.807, 2.05) is 20.8 Å². The minimum absolute atomic E-state index is 0.429. The van der Waals surface area contributed by atoms with E-state index >= 15 is 0 Å². The second kappa shape index (κ2) is 4.25. The molecule has 1 amide bonds. The van der Waals surface area contributed by atoms with Gasteiger partial charge in [0.1, 0.15) is 17.7 Å². The van der Waals surface area contributed by atoms with Crippen LogP contribution in [0.15, 0.2) is 18.6 Å². The number of nitrogens with zero attached hydrogens (tertiary/aromatic N) is 3. The van der Waals surface area contributed by atoms with Crippen molar-refractivity contribution < 1.29 is 9.53 Å². The first-order valence-corrected chi connectivity index (χ1v) is 4.63. The van der Waals surface area contributed by atoms with Gasteiger partial charge in [-0.05, 0) is 26.8 Å². The van der Waals surface area contributed by atoms with Crippen molar-refractivity contribution in [2.75, 3.05) is 11.9 Å². The lowest BCUT2D eigenvalue weighted by Crippen LogP contribution is -2.34. The Bertz CT molecular complexity index is 332. The molecule has 1 heterocycles. The Kier molecular flexibility index (Phi) is 3.24. The maximum absolute atomic E-state index is 11.6. The van der Waals surface area contributed by atoms with Crippen LogP contribution in [0.4, 0.5) is 10.6 Å². The smallest absolute Gasteiger partial charge is 0.415 e.